The number of rotatable bonds is 4. The van der Waals surface area contributed by atoms with Crippen LogP contribution in [-0.4, -0.2) is 15.9 Å². The van der Waals surface area contributed by atoms with Crippen LogP contribution < -0.4 is 0 Å². The molecule has 3 nitrogen and oxygen atoms in total. The first-order valence-electron chi connectivity index (χ1n) is 9.15. The van der Waals surface area contributed by atoms with E-state index in [1.54, 1.807) is 4.90 Å². The molecular weight excluding hydrogens is 414 g/mol. The first kappa shape index (κ1) is 18.5. The SMILES string of the molecule is Cc1ccc(C2=C(O)C(=O)N(Cc3ccccc3)[C@@H]2c2cccc(Br)c2)cc1. The highest BCUT2D eigenvalue weighted by Gasteiger charge is 2.41. The van der Waals surface area contributed by atoms with E-state index in [-0.39, 0.29) is 17.7 Å². The van der Waals surface area contributed by atoms with Crippen LogP contribution in [0.4, 0.5) is 0 Å². The highest BCUT2D eigenvalue weighted by atomic mass is 79.9. The smallest absolute Gasteiger partial charge is 0.290 e. The predicted molar refractivity (Wildman–Crippen MR) is 115 cm³/mol. The van der Waals surface area contributed by atoms with Gasteiger partial charge in [-0.1, -0.05) is 88.2 Å². The molecule has 0 aliphatic carbocycles. The van der Waals surface area contributed by atoms with E-state index in [4.69, 9.17) is 0 Å². The summed E-state index contributed by atoms with van der Waals surface area (Å²) in [6.45, 7) is 2.45. The lowest BCUT2D eigenvalue weighted by Crippen LogP contribution is -2.29. The number of amides is 1. The molecule has 28 heavy (non-hydrogen) atoms. The van der Waals surface area contributed by atoms with Crippen LogP contribution in [0, 0.1) is 6.92 Å². The van der Waals surface area contributed by atoms with E-state index in [0.717, 1.165) is 26.7 Å². The second-order valence-corrected chi connectivity index (χ2v) is 7.92. The molecule has 0 unspecified atom stereocenters. The first-order valence-corrected chi connectivity index (χ1v) is 9.94. The number of benzene rings is 3. The minimum Gasteiger partial charge on any atom is -0.503 e. The normalized spacial score (nSPS) is 16.7. The van der Waals surface area contributed by atoms with Gasteiger partial charge in [-0.05, 0) is 35.7 Å². The summed E-state index contributed by atoms with van der Waals surface area (Å²) in [4.78, 5) is 14.8. The Balaban J connectivity index is 1.83. The summed E-state index contributed by atoms with van der Waals surface area (Å²) in [6.07, 6.45) is 0. The molecule has 140 valence electrons. The number of aliphatic hydroxyl groups excluding tert-OH is 1. The van der Waals surface area contributed by atoms with Gasteiger partial charge in [0.05, 0.1) is 6.04 Å². The molecular formula is C24H20BrNO2. The molecule has 0 radical (unpaired) electrons. The maximum Gasteiger partial charge on any atom is 0.290 e. The summed E-state index contributed by atoms with van der Waals surface area (Å²) in [5.74, 6) is -0.519. The topological polar surface area (TPSA) is 40.5 Å². The Morgan fingerprint density at radius 1 is 0.964 bits per heavy atom. The largest absolute Gasteiger partial charge is 0.503 e. The van der Waals surface area contributed by atoms with E-state index in [2.05, 4.69) is 15.9 Å². The van der Waals surface area contributed by atoms with Gasteiger partial charge in [-0.3, -0.25) is 4.79 Å². The van der Waals surface area contributed by atoms with Crippen molar-refractivity contribution in [1.82, 2.24) is 4.90 Å². The Bertz CT molecular complexity index is 1040. The molecule has 0 fully saturated rings. The van der Waals surface area contributed by atoms with Crippen LogP contribution in [0.3, 0.4) is 0 Å². The zero-order valence-electron chi connectivity index (χ0n) is 15.5. The average molecular weight is 434 g/mol. The lowest BCUT2D eigenvalue weighted by Gasteiger charge is -2.27. The molecule has 1 N–H and O–H groups in total. The highest BCUT2D eigenvalue weighted by Crippen LogP contribution is 2.44. The molecule has 1 aliphatic rings. The standard InChI is InChI=1S/C24H20BrNO2/c1-16-10-12-18(13-11-16)21-22(19-8-5-9-20(25)14-19)26(24(28)23(21)27)15-17-6-3-2-4-7-17/h2-14,22,27H,15H2,1H3/t22-/m1/s1. The maximum absolute atomic E-state index is 13.0. The Hall–Kier alpha value is -2.85. The Kier molecular flexibility index (Phi) is 5.05. The minimum absolute atomic E-state index is 0.176. The van der Waals surface area contributed by atoms with Gasteiger partial charge >= 0.3 is 0 Å². The molecule has 0 saturated heterocycles. The van der Waals surface area contributed by atoms with Crippen LogP contribution in [-0.2, 0) is 11.3 Å². The van der Waals surface area contributed by atoms with Crippen molar-refractivity contribution in [3.05, 3.63) is 111 Å². The quantitative estimate of drug-likeness (QED) is 0.563. The summed E-state index contributed by atoms with van der Waals surface area (Å²) < 4.78 is 0.937. The zero-order chi connectivity index (χ0) is 19.7. The lowest BCUT2D eigenvalue weighted by molar-refractivity contribution is -0.130. The van der Waals surface area contributed by atoms with Crippen LogP contribution >= 0.6 is 15.9 Å². The van der Waals surface area contributed by atoms with E-state index in [1.165, 1.54) is 0 Å². The van der Waals surface area contributed by atoms with Gasteiger partial charge in [0.2, 0.25) is 0 Å². The highest BCUT2D eigenvalue weighted by molar-refractivity contribution is 9.10. The number of halogens is 1. The molecule has 1 aliphatic heterocycles. The van der Waals surface area contributed by atoms with E-state index in [9.17, 15) is 9.90 Å². The monoisotopic (exact) mass is 433 g/mol. The fourth-order valence-electron chi connectivity index (χ4n) is 3.65. The first-order chi connectivity index (χ1) is 13.5. The second-order valence-electron chi connectivity index (χ2n) is 7.00. The van der Waals surface area contributed by atoms with Crippen LogP contribution in [0.1, 0.15) is 28.3 Å². The van der Waals surface area contributed by atoms with Crippen LogP contribution in [0.2, 0.25) is 0 Å². The summed E-state index contributed by atoms with van der Waals surface area (Å²) in [5, 5.41) is 10.8. The third-order valence-electron chi connectivity index (χ3n) is 5.03. The van der Waals surface area contributed by atoms with Gasteiger partial charge in [-0.2, -0.15) is 0 Å². The van der Waals surface area contributed by atoms with Gasteiger partial charge in [0, 0.05) is 16.6 Å². The van der Waals surface area contributed by atoms with E-state index >= 15 is 0 Å². The van der Waals surface area contributed by atoms with Crippen molar-refractivity contribution in [3.8, 4) is 0 Å². The van der Waals surface area contributed by atoms with E-state index < -0.39 is 0 Å². The van der Waals surface area contributed by atoms with Crippen molar-refractivity contribution in [2.24, 2.45) is 0 Å². The molecule has 0 spiro atoms. The van der Waals surface area contributed by atoms with Gasteiger partial charge in [-0.25, -0.2) is 0 Å². The number of carbonyl (C=O) groups excluding carboxylic acids is 1. The summed E-state index contributed by atoms with van der Waals surface area (Å²) in [6, 6.07) is 25.3. The molecule has 3 aromatic carbocycles. The predicted octanol–water partition coefficient (Wildman–Crippen LogP) is 5.81. The summed E-state index contributed by atoms with van der Waals surface area (Å²) >= 11 is 3.53. The van der Waals surface area contributed by atoms with Gasteiger partial charge in [0.1, 0.15) is 0 Å². The van der Waals surface area contributed by atoms with Crippen molar-refractivity contribution in [2.45, 2.75) is 19.5 Å². The molecule has 1 amide bonds. The molecule has 0 saturated carbocycles. The van der Waals surface area contributed by atoms with Crippen LogP contribution in [0.5, 0.6) is 0 Å². The Morgan fingerprint density at radius 2 is 1.68 bits per heavy atom. The molecule has 4 heteroatoms. The second kappa shape index (κ2) is 7.64. The molecule has 0 bridgehead atoms. The van der Waals surface area contributed by atoms with E-state index in [1.807, 2.05) is 85.8 Å². The van der Waals surface area contributed by atoms with Crippen LogP contribution in [0.25, 0.3) is 5.57 Å². The number of nitrogens with zero attached hydrogens (tertiary/aromatic N) is 1. The van der Waals surface area contributed by atoms with Crippen LogP contribution in [0.15, 0.2) is 89.1 Å². The molecule has 1 heterocycles. The third-order valence-corrected chi connectivity index (χ3v) is 5.52. The fourth-order valence-corrected chi connectivity index (χ4v) is 4.06. The van der Waals surface area contributed by atoms with E-state index in [0.29, 0.717) is 12.1 Å². The number of carbonyl (C=O) groups is 1. The Morgan fingerprint density at radius 3 is 2.36 bits per heavy atom. The molecule has 1 atom stereocenters. The fraction of sp³-hybridized carbons (Fsp3) is 0.125. The minimum atomic E-state index is -0.354. The number of aryl methyl sites for hydroxylation is 1. The summed E-state index contributed by atoms with van der Waals surface area (Å²) in [7, 11) is 0. The molecule has 3 aromatic rings. The number of hydrogen-bond donors (Lipinski definition) is 1. The van der Waals surface area contributed by atoms with Gasteiger partial charge in [0.15, 0.2) is 5.76 Å². The van der Waals surface area contributed by atoms with Crippen molar-refractivity contribution < 1.29 is 9.90 Å². The van der Waals surface area contributed by atoms with Crippen molar-refractivity contribution >= 4 is 27.4 Å². The lowest BCUT2D eigenvalue weighted by atomic mass is 9.93. The third kappa shape index (κ3) is 3.48. The van der Waals surface area contributed by atoms with Gasteiger partial charge < -0.3 is 10.0 Å². The summed E-state index contributed by atoms with van der Waals surface area (Å²) in [5.41, 5.74) is 4.62. The number of aliphatic hydroxyl groups is 1. The molecule has 4 rings (SSSR count). The maximum atomic E-state index is 13.0. The molecule has 0 aromatic heterocycles. The van der Waals surface area contributed by atoms with Gasteiger partial charge in [-0.15, -0.1) is 0 Å². The Labute approximate surface area is 173 Å². The van der Waals surface area contributed by atoms with Crippen molar-refractivity contribution in [2.75, 3.05) is 0 Å². The zero-order valence-corrected chi connectivity index (χ0v) is 17.1. The number of hydrogen-bond acceptors (Lipinski definition) is 2. The van der Waals surface area contributed by atoms with Crippen molar-refractivity contribution in [1.29, 1.82) is 0 Å². The average Bonchev–Trinajstić information content (AvgIpc) is 2.94. The van der Waals surface area contributed by atoms with Gasteiger partial charge in [0.25, 0.3) is 5.91 Å². The van der Waals surface area contributed by atoms with Crippen molar-refractivity contribution in [3.63, 3.8) is 0 Å².